The number of fused-ring (bicyclic) bond motifs is 2. The Labute approximate surface area is 172 Å². The van der Waals surface area contributed by atoms with Gasteiger partial charge in [0.1, 0.15) is 23.5 Å². The highest BCUT2D eigenvalue weighted by atomic mass is 19.1. The van der Waals surface area contributed by atoms with E-state index >= 15 is 0 Å². The monoisotopic (exact) mass is 405 g/mol. The third-order valence-corrected chi connectivity index (χ3v) is 5.51. The third-order valence-electron chi connectivity index (χ3n) is 5.51. The minimum absolute atomic E-state index is 0.129. The SMILES string of the molecule is N#Cc1cc(C2=CCOCC2)c2n(c1=NCc1c(F)ccc3c1CCO3)C=CNN2. The molecule has 1 aromatic heterocycles. The summed E-state index contributed by atoms with van der Waals surface area (Å²) in [6, 6.07) is 7.16. The molecule has 5 rings (SSSR count). The average Bonchev–Trinajstić information content (AvgIpc) is 3.27. The normalized spacial score (nSPS) is 17.2. The Balaban J connectivity index is 1.65. The average molecular weight is 405 g/mol. The summed E-state index contributed by atoms with van der Waals surface area (Å²) < 4.78 is 27.3. The second kappa shape index (κ2) is 7.69. The Morgan fingerprint density at radius 2 is 2.20 bits per heavy atom. The fourth-order valence-electron chi connectivity index (χ4n) is 4.04. The van der Waals surface area contributed by atoms with Crippen LogP contribution in [0.15, 0.2) is 35.5 Å². The first-order chi connectivity index (χ1) is 14.8. The van der Waals surface area contributed by atoms with Gasteiger partial charge in [0.25, 0.3) is 0 Å². The van der Waals surface area contributed by atoms with Crippen LogP contribution in [0.5, 0.6) is 5.75 Å². The van der Waals surface area contributed by atoms with Gasteiger partial charge in [0, 0.05) is 35.5 Å². The number of hydrazine groups is 1. The van der Waals surface area contributed by atoms with E-state index in [-0.39, 0.29) is 12.4 Å². The van der Waals surface area contributed by atoms with Crippen LogP contribution in [0.4, 0.5) is 10.2 Å². The zero-order chi connectivity index (χ0) is 20.5. The number of pyridine rings is 1. The van der Waals surface area contributed by atoms with E-state index < -0.39 is 0 Å². The van der Waals surface area contributed by atoms with Crippen LogP contribution in [-0.4, -0.2) is 24.4 Å². The molecule has 4 heterocycles. The van der Waals surface area contributed by atoms with Crippen LogP contribution in [0, 0.1) is 17.1 Å². The predicted octanol–water partition coefficient (Wildman–Crippen LogP) is 2.70. The summed E-state index contributed by atoms with van der Waals surface area (Å²) in [5, 5.41) is 9.83. The number of anilines is 1. The Morgan fingerprint density at radius 3 is 3.03 bits per heavy atom. The number of nitriles is 1. The van der Waals surface area contributed by atoms with Crippen LogP contribution in [0.2, 0.25) is 0 Å². The highest BCUT2D eigenvalue weighted by Crippen LogP contribution is 2.31. The van der Waals surface area contributed by atoms with Crippen LogP contribution in [0.3, 0.4) is 0 Å². The fourth-order valence-corrected chi connectivity index (χ4v) is 4.04. The van der Waals surface area contributed by atoms with Crippen molar-refractivity contribution < 1.29 is 13.9 Å². The van der Waals surface area contributed by atoms with Crippen LogP contribution in [0.1, 0.15) is 28.7 Å². The minimum Gasteiger partial charge on any atom is -0.493 e. The fraction of sp³-hybridized carbons (Fsp3) is 0.273. The quantitative estimate of drug-likeness (QED) is 0.820. The molecule has 0 bridgehead atoms. The molecule has 0 saturated heterocycles. The van der Waals surface area contributed by atoms with Gasteiger partial charge >= 0.3 is 0 Å². The van der Waals surface area contributed by atoms with Crippen LogP contribution >= 0.6 is 0 Å². The lowest BCUT2D eigenvalue weighted by Gasteiger charge is -2.24. The molecular formula is C22H20FN5O2. The lowest BCUT2D eigenvalue weighted by molar-refractivity contribution is 0.161. The van der Waals surface area contributed by atoms with E-state index in [0.29, 0.717) is 48.6 Å². The van der Waals surface area contributed by atoms with Gasteiger partial charge < -0.3 is 14.9 Å². The summed E-state index contributed by atoms with van der Waals surface area (Å²) in [5.74, 6) is 1.19. The van der Waals surface area contributed by atoms with Crippen LogP contribution in [-0.2, 0) is 17.7 Å². The number of halogens is 1. The molecule has 7 nitrogen and oxygen atoms in total. The smallest absolute Gasteiger partial charge is 0.152 e. The first-order valence-corrected chi connectivity index (χ1v) is 9.85. The highest BCUT2D eigenvalue weighted by Gasteiger charge is 2.21. The molecule has 0 aliphatic carbocycles. The second-order valence-electron chi connectivity index (χ2n) is 7.18. The van der Waals surface area contributed by atoms with Gasteiger partial charge in [0.15, 0.2) is 5.49 Å². The van der Waals surface area contributed by atoms with Gasteiger partial charge in [-0.15, -0.1) is 0 Å². The standard InChI is InChI=1S/C22H20FN5O2/c23-19-1-2-20-16(5-10-30-20)18(19)13-25-21-15(12-24)11-17(14-3-8-29-9-4-14)22-27-26-6-7-28(21)22/h1-3,6-7,11,26-27H,4-5,8-10,13H2. The molecule has 2 N–H and O–H groups in total. The summed E-state index contributed by atoms with van der Waals surface area (Å²) in [6.45, 7) is 1.87. The molecule has 0 fully saturated rings. The van der Waals surface area contributed by atoms with Gasteiger partial charge in [0.2, 0.25) is 0 Å². The molecule has 0 radical (unpaired) electrons. The van der Waals surface area contributed by atoms with E-state index in [0.717, 1.165) is 28.9 Å². The summed E-state index contributed by atoms with van der Waals surface area (Å²) in [5.41, 5.74) is 10.5. The van der Waals surface area contributed by atoms with Crippen molar-refractivity contribution >= 4 is 17.6 Å². The van der Waals surface area contributed by atoms with Crippen LogP contribution in [0.25, 0.3) is 11.8 Å². The number of benzene rings is 1. The van der Waals surface area contributed by atoms with Crippen molar-refractivity contribution in [3.05, 3.63) is 64.0 Å². The first-order valence-electron chi connectivity index (χ1n) is 9.85. The molecule has 0 amide bonds. The molecule has 8 heteroatoms. The van der Waals surface area contributed by atoms with Crippen molar-refractivity contribution in [2.24, 2.45) is 4.99 Å². The van der Waals surface area contributed by atoms with Crippen molar-refractivity contribution in [2.75, 3.05) is 25.2 Å². The number of ether oxygens (including phenoxy) is 2. The molecule has 30 heavy (non-hydrogen) atoms. The molecule has 0 atom stereocenters. The summed E-state index contributed by atoms with van der Waals surface area (Å²) in [6.07, 6.45) is 6.99. The second-order valence-corrected chi connectivity index (χ2v) is 7.18. The third kappa shape index (κ3) is 3.13. The van der Waals surface area contributed by atoms with E-state index in [1.54, 1.807) is 12.3 Å². The van der Waals surface area contributed by atoms with Crippen molar-refractivity contribution in [1.29, 1.82) is 5.26 Å². The maximum absolute atomic E-state index is 14.5. The van der Waals surface area contributed by atoms with Crippen molar-refractivity contribution in [1.82, 2.24) is 9.99 Å². The maximum Gasteiger partial charge on any atom is 0.152 e. The number of rotatable bonds is 3. The number of nitrogens with one attached hydrogen (secondary N) is 2. The van der Waals surface area contributed by atoms with Gasteiger partial charge in [-0.1, -0.05) is 6.08 Å². The van der Waals surface area contributed by atoms with E-state index in [1.807, 2.05) is 22.9 Å². The lowest BCUT2D eigenvalue weighted by atomic mass is 10.00. The molecule has 0 spiro atoms. The molecule has 0 saturated carbocycles. The highest BCUT2D eigenvalue weighted by molar-refractivity contribution is 5.77. The van der Waals surface area contributed by atoms with Gasteiger partial charge in [-0.25, -0.2) is 4.39 Å². The summed E-state index contributed by atoms with van der Waals surface area (Å²) >= 11 is 0. The molecule has 3 aliphatic rings. The zero-order valence-electron chi connectivity index (χ0n) is 16.2. The topological polar surface area (TPSA) is 83.6 Å². The summed E-state index contributed by atoms with van der Waals surface area (Å²) in [4.78, 5) is 4.67. The van der Waals surface area contributed by atoms with Gasteiger partial charge in [0.05, 0.1) is 31.9 Å². The first kappa shape index (κ1) is 18.5. The van der Waals surface area contributed by atoms with E-state index in [2.05, 4.69) is 21.9 Å². The van der Waals surface area contributed by atoms with Crippen LogP contribution < -0.4 is 21.1 Å². The Kier molecular flexibility index (Phi) is 4.73. The zero-order valence-corrected chi connectivity index (χ0v) is 16.2. The Bertz CT molecular complexity index is 1190. The molecular weight excluding hydrogens is 385 g/mol. The number of aromatic nitrogens is 1. The predicted molar refractivity (Wildman–Crippen MR) is 110 cm³/mol. The molecule has 3 aliphatic heterocycles. The van der Waals surface area contributed by atoms with E-state index in [4.69, 9.17) is 9.47 Å². The number of hydrogen-bond donors (Lipinski definition) is 2. The minimum atomic E-state index is -0.306. The van der Waals surface area contributed by atoms with Crippen molar-refractivity contribution in [3.63, 3.8) is 0 Å². The molecule has 1 aromatic carbocycles. The maximum atomic E-state index is 14.5. The van der Waals surface area contributed by atoms with E-state index in [9.17, 15) is 9.65 Å². The van der Waals surface area contributed by atoms with Gasteiger partial charge in [-0.3, -0.25) is 15.0 Å². The molecule has 2 aromatic rings. The largest absolute Gasteiger partial charge is 0.493 e. The van der Waals surface area contributed by atoms with Gasteiger partial charge in [-0.05, 0) is 30.2 Å². The Hall–Kier alpha value is -3.57. The Morgan fingerprint density at radius 1 is 1.27 bits per heavy atom. The lowest BCUT2D eigenvalue weighted by Crippen LogP contribution is -2.32. The van der Waals surface area contributed by atoms with E-state index in [1.165, 1.54) is 6.07 Å². The van der Waals surface area contributed by atoms with Crippen molar-refractivity contribution in [3.8, 4) is 11.8 Å². The summed E-state index contributed by atoms with van der Waals surface area (Å²) in [7, 11) is 0. The number of hydrogen-bond acceptors (Lipinski definition) is 6. The van der Waals surface area contributed by atoms with Crippen molar-refractivity contribution in [2.45, 2.75) is 19.4 Å². The molecule has 0 unspecified atom stereocenters. The van der Waals surface area contributed by atoms with Gasteiger partial charge in [-0.2, -0.15) is 5.26 Å². The number of nitrogens with zero attached hydrogens (tertiary/aromatic N) is 3. The molecule has 152 valence electrons.